The summed E-state index contributed by atoms with van der Waals surface area (Å²) < 4.78 is 0. The van der Waals surface area contributed by atoms with E-state index >= 15 is 0 Å². The van der Waals surface area contributed by atoms with E-state index < -0.39 is 0 Å². The second kappa shape index (κ2) is 6.01. The van der Waals surface area contributed by atoms with Gasteiger partial charge in [0.25, 0.3) is 0 Å². The molecule has 0 fully saturated rings. The first-order valence-corrected chi connectivity index (χ1v) is 6.39. The average Bonchev–Trinajstić information content (AvgIpc) is 2.69. The van der Waals surface area contributed by atoms with Crippen molar-refractivity contribution in [2.75, 3.05) is 19.6 Å². The van der Waals surface area contributed by atoms with E-state index in [-0.39, 0.29) is 11.3 Å². The molecule has 1 rings (SSSR count). The summed E-state index contributed by atoms with van der Waals surface area (Å²) in [7, 11) is 0. The molecule has 1 aromatic rings. The van der Waals surface area contributed by atoms with E-state index in [0.717, 1.165) is 13.1 Å². The van der Waals surface area contributed by atoms with Gasteiger partial charge in [-0.15, -0.1) is 11.3 Å². The first-order valence-electron chi connectivity index (χ1n) is 5.51. The van der Waals surface area contributed by atoms with Crippen LogP contribution in [0.1, 0.15) is 25.6 Å². The fourth-order valence-electron chi connectivity index (χ4n) is 1.48. The van der Waals surface area contributed by atoms with Crippen LogP contribution in [-0.4, -0.2) is 25.5 Å². The maximum Gasteiger partial charge on any atom is 0.216 e. The third kappa shape index (κ3) is 4.33. The van der Waals surface area contributed by atoms with Gasteiger partial charge in [-0.1, -0.05) is 19.9 Å². The second-order valence-corrected chi connectivity index (χ2v) is 5.47. The minimum Gasteiger partial charge on any atom is -0.355 e. The summed E-state index contributed by atoms with van der Waals surface area (Å²) in [6.45, 7) is 8.42. The largest absolute Gasteiger partial charge is 0.355 e. The van der Waals surface area contributed by atoms with Crippen LogP contribution in [0, 0.1) is 0 Å². The zero-order valence-corrected chi connectivity index (χ0v) is 11.0. The molecule has 1 heterocycles. The molecular formula is C12H20N2OS. The molecule has 0 unspecified atom stereocenters. The van der Waals surface area contributed by atoms with Crippen molar-refractivity contribution in [3.05, 3.63) is 22.4 Å². The van der Waals surface area contributed by atoms with Crippen LogP contribution >= 0.6 is 11.3 Å². The molecule has 0 atom stereocenters. The van der Waals surface area contributed by atoms with Gasteiger partial charge in [-0.25, -0.2) is 0 Å². The zero-order valence-electron chi connectivity index (χ0n) is 10.2. The second-order valence-electron chi connectivity index (χ2n) is 4.52. The highest BCUT2D eigenvalue weighted by Gasteiger charge is 2.20. The van der Waals surface area contributed by atoms with Crippen LogP contribution in [0.5, 0.6) is 0 Å². The lowest BCUT2D eigenvalue weighted by Crippen LogP contribution is -2.37. The Hall–Kier alpha value is -0.870. The molecule has 0 aliphatic heterocycles. The topological polar surface area (TPSA) is 41.1 Å². The number of carbonyl (C=O) groups excluding carboxylic acids is 1. The summed E-state index contributed by atoms with van der Waals surface area (Å²) in [6, 6.07) is 4.25. The molecule has 0 saturated carbocycles. The van der Waals surface area contributed by atoms with Crippen molar-refractivity contribution < 1.29 is 4.79 Å². The van der Waals surface area contributed by atoms with Crippen molar-refractivity contribution in [2.45, 2.75) is 26.2 Å². The number of hydrogen-bond acceptors (Lipinski definition) is 3. The third-order valence-corrected chi connectivity index (χ3v) is 3.67. The quantitative estimate of drug-likeness (QED) is 0.744. The van der Waals surface area contributed by atoms with Crippen LogP contribution in [0.3, 0.4) is 0 Å². The summed E-state index contributed by atoms with van der Waals surface area (Å²) >= 11 is 1.79. The number of carbonyl (C=O) groups is 1. The monoisotopic (exact) mass is 240 g/mol. The van der Waals surface area contributed by atoms with Gasteiger partial charge in [-0.05, 0) is 11.4 Å². The molecule has 4 heteroatoms. The van der Waals surface area contributed by atoms with Gasteiger partial charge in [0, 0.05) is 36.9 Å². The lowest BCUT2D eigenvalue weighted by atomic mass is 9.91. The Balaban J connectivity index is 2.24. The molecule has 3 nitrogen and oxygen atoms in total. The van der Waals surface area contributed by atoms with E-state index in [9.17, 15) is 4.79 Å². The predicted octanol–water partition coefficient (Wildman–Crippen LogP) is 1.75. The highest BCUT2D eigenvalue weighted by Crippen LogP contribution is 2.26. The Labute approximate surface area is 101 Å². The summed E-state index contributed by atoms with van der Waals surface area (Å²) in [5, 5.41) is 8.23. The van der Waals surface area contributed by atoms with Crippen LogP contribution in [-0.2, 0) is 10.2 Å². The maximum atomic E-state index is 10.7. The highest BCUT2D eigenvalue weighted by atomic mass is 32.1. The Morgan fingerprint density at radius 1 is 1.44 bits per heavy atom. The van der Waals surface area contributed by atoms with Crippen molar-refractivity contribution in [1.29, 1.82) is 0 Å². The Morgan fingerprint density at radius 3 is 2.75 bits per heavy atom. The number of rotatable bonds is 6. The van der Waals surface area contributed by atoms with E-state index in [2.05, 4.69) is 42.0 Å². The van der Waals surface area contributed by atoms with Gasteiger partial charge in [-0.2, -0.15) is 0 Å². The molecule has 2 N–H and O–H groups in total. The van der Waals surface area contributed by atoms with Crippen molar-refractivity contribution in [1.82, 2.24) is 10.6 Å². The van der Waals surface area contributed by atoms with Gasteiger partial charge in [-0.3, -0.25) is 4.79 Å². The first kappa shape index (κ1) is 13.2. The Bertz CT molecular complexity index is 320. The standard InChI is InChI=1S/C12H20N2OS/c1-10(15)14-7-6-13-9-12(2,3)11-5-4-8-16-11/h4-5,8,13H,6-7,9H2,1-3H3,(H,14,15). The molecule has 16 heavy (non-hydrogen) atoms. The van der Waals surface area contributed by atoms with Gasteiger partial charge >= 0.3 is 0 Å². The van der Waals surface area contributed by atoms with E-state index in [1.165, 1.54) is 11.8 Å². The molecule has 1 aromatic heterocycles. The molecule has 0 spiro atoms. The van der Waals surface area contributed by atoms with Crippen molar-refractivity contribution in [3.8, 4) is 0 Å². The zero-order chi connectivity index (χ0) is 12.0. The van der Waals surface area contributed by atoms with Crippen LogP contribution in [0.15, 0.2) is 17.5 Å². The molecule has 0 aliphatic carbocycles. The number of hydrogen-bond donors (Lipinski definition) is 2. The minimum absolute atomic E-state index is 0.0271. The van der Waals surface area contributed by atoms with Crippen molar-refractivity contribution in [2.24, 2.45) is 0 Å². The van der Waals surface area contributed by atoms with Crippen LogP contribution < -0.4 is 10.6 Å². The highest BCUT2D eigenvalue weighted by molar-refractivity contribution is 7.10. The van der Waals surface area contributed by atoms with E-state index in [4.69, 9.17) is 0 Å². The Kier molecular flexibility index (Phi) is 4.96. The van der Waals surface area contributed by atoms with Gasteiger partial charge in [0.05, 0.1) is 0 Å². The molecular weight excluding hydrogens is 220 g/mol. The average molecular weight is 240 g/mol. The van der Waals surface area contributed by atoms with Crippen LogP contribution in [0.2, 0.25) is 0 Å². The molecule has 1 amide bonds. The normalized spacial score (nSPS) is 11.4. The van der Waals surface area contributed by atoms with E-state index in [1.54, 1.807) is 11.3 Å². The summed E-state index contributed by atoms with van der Waals surface area (Å²) in [4.78, 5) is 12.0. The first-order chi connectivity index (χ1) is 7.52. The van der Waals surface area contributed by atoms with E-state index in [0.29, 0.717) is 6.54 Å². The molecule has 0 aliphatic rings. The Morgan fingerprint density at radius 2 is 2.19 bits per heavy atom. The molecule has 0 bridgehead atoms. The van der Waals surface area contributed by atoms with Crippen LogP contribution in [0.4, 0.5) is 0 Å². The number of thiophene rings is 1. The third-order valence-electron chi connectivity index (χ3n) is 2.43. The summed E-state index contributed by atoms with van der Waals surface area (Å²) in [5.74, 6) is 0.0271. The molecule has 0 radical (unpaired) electrons. The maximum absolute atomic E-state index is 10.7. The van der Waals surface area contributed by atoms with Gasteiger partial charge < -0.3 is 10.6 Å². The molecule has 0 saturated heterocycles. The SMILES string of the molecule is CC(=O)NCCNCC(C)(C)c1cccs1. The van der Waals surface area contributed by atoms with Crippen LogP contribution in [0.25, 0.3) is 0 Å². The van der Waals surface area contributed by atoms with Gasteiger partial charge in [0.2, 0.25) is 5.91 Å². The number of amides is 1. The predicted molar refractivity (Wildman–Crippen MR) is 68.9 cm³/mol. The van der Waals surface area contributed by atoms with E-state index in [1.807, 2.05) is 0 Å². The lowest BCUT2D eigenvalue weighted by Gasteiger charge is -2.23. The van der Waals surface area contributed by atoms with Crippen molar-refractivity contribution in [3.63, 3.8) is 0 Å². The van der Waals surface area contributed by atoms with Gasteiger partial charge in [0.1, 0.15) is 0 Å². The fraction of sp³-hybridized carbons (Fsp3) is 0.583. The minimum atomic E-state index is 0.0271. The number of nitrogens with one attached hydrogen (secondary N) is 2. The smallest absolute Gasteiger partial charge is 0.216 e. The fourth-order valence-corrected chi connectivity index (χ4v) is 2.33. The van der Waals surface area contributed by atoms with Crippen molar-refractivity contribution >= 4 is 17.2 Å². The lowest BCUT2D eigenvalue weighted by molar-refractivity contribution is -0.118. The van der Waals surface area contributed by atoms with Gasteiger partial charge in [0.15, 0.2) is 0 Å². The summed E-state index contributed by atoms with van der Waals surface area (Å²) in [5.41, 5.74) is 0.157. The molecule has 0 aromatic carbocycles. The molecule has 90 valence electrons. The summed E-state index contributed by atoms with van der Waals surface area (Å²) in [6.07, 6.45) is 0.